The van der Waals surface area contributed by atoms with Crippen LogP contribution in [0.25, 0.3) is 0 Å². The van der Waals surface area contributed by atoms with E-state index in [1.807, 2.05) is 19.1 Å². The van der Waals surface area contributed by atoms with Crippen molar-refractivity contribution in [2.45, 2.75) is 77.5 Å². The van der Waals surface area contributed by atoms with E-state index in [1.54, 1.807) is 6.26 Å². The Balaban J connectivity index is 1.77. The molecule has 0 aromatic carbocycles. The minimum atomic E-state index is 0.310. The normalized spacial score (nSPS) is 20.8. The van der Waals surface area contributed by atoms with Crippen molar-refractivity contribution in [1.82, 2.24) is 10.6 Å². The second kappa shape index (κ2) is 12.8. The highest BCUT2D eigenvalue weighted by atomic mass is 16.5. The van der Waals surface area contributed by atoms with Crippen LogP contribution in [-0.2, 0) is 15.9 Å². The predicted octanol–water partition coefficient (Wildman–Crippen LogP) is 3.52. The van der Waals surface area contributed by atoms with Gasteiger partial charge in [0, 0.05) is 38.8 Å². The summed E-state index contributed by atoms with van der Waals surface area (Å²) in [4.78, 5) is 4.73. The number of aliphatic imine (C=N–C) groups is 1. The van der Waals surface area contributed by atoms with Crippen LogP contribution in [0.15, 0.2) is 27.8 Å². The largest absolute Gasteiger partial charge is 0.469 e. The first-order chi connectivity index (χ1) is 13.2. The molecular weight excluding hydrogens is 342 g/mol. The van der Waals surface area contributed by atoms with Gasteiger partial charge in [0.1, 0.15) is 5.76 Å². The van der Waals surface area contributed by atoms with Gasteiger partial charge < -0.3 is 24.5 Å². The van der Waals surface area contributed by atoms with Crippen molar-refractivity contribution in [3.63, 3.8) is 0 Å². The lowest BCUT2D eigenvalue weighted by molar-refractivity contribution is -0.0152. The fraction of sp³-hybridized carbons (Fsp3) is 0.762. The van der Waals surface area contributed by atoms with Gasteiger partial charge in [-0.05, 0) is 65.0 Å². The second-order valence-corrected chi connectivity index (χ2v) is 7.34. The first-order valence-corrected chi connectivity index (χ1v) is 10.5. The molecule has 1 aromatic rings. The fourth-order valence-corrected chi connectivity index (χ4v) is 3.33. The van der Waals surface area contributed by atoms with E-state index in [1.165, 1.54) is 0 Å². The van der Waals surface area contributed by atoms with Crippen molar-refractivity contribution < 1.29 is 13.9 Å². The zero-order valence-corrected chi connectivity index (χ0v) is 17.2. The van der Waals surface area contributed by atoms with Gasteiger partial charge in [0.05, 0.1) is 18.5 Å². The summed E-state index contributed by atoms with van der Waals surface area (Å²) in [6, 6.07) is 4.39. The number of guanidine groups is 1. The summed E-state index contributed by atoms with van der Waals surface area (Å²) >= 11 is 0. The van der Waals surface area contributed by atoms with Crippen LogP contribution in [0.1, 0.15) is 58.6 Å². The summed E-state index contributed by atoms with van der Waals surface area (Å²) in [6.07, 6.45) is 8.68. The van der Waals surface area contributed by atoms with Crippen molar-refractivity contribution in [3.8, 4) is 0 Å². The average Bonchev–Trinajstić information content (AvgIpc) is 3.16. The van der Waals surface area contributed by atoms with E-state index in [0.717, 1.165) is 76.5 Å². The minimum Gasteiger partial charge on any atom is -0.469 e. The van der Waals surface area contributed by atoms with Gasteiger partial charge in [0.2, 0.25) is 0 Å². The molecule has 1 fully saturated rings. The molecule has 0 amide bonds. The lowest BCUT2D eigenvalue weighted by Gasteiger charge is -2.31. The highest BCUT2D eigenvalue weighted by molar-refractivity contribution is 5.80. The SMILES string of the molecule is CCOCCCN=C(NCCc1ccco1)NC1CCC(OC(C)C)CC1. The molecule has 0 saturated heterocycles. The third-order valence-electron chi connectivity index (χ3n) is 4.64. The maximum Gasteiger partial charge on any atom is 0.191 e. The number of nitrogens with one attached hydrogen (secondary N) is 2. The van der Waals surface area contributed by atoms with Crippen LogP contribution in [0.5, 0.6) is 0 Å². The smallest absolute Gasteiger partial charge is 0.191 e. The van der Waals surface area contributed by atoms with Crippen LogP contribution < -0.4 is 10.6 Å². The lowest BCUT2D eigenvalue weighted by atomic mass is 9.93. The number of rotatable bonds is 11. The highest BCUT2D eigenvalue weighted by Crippen LogP contribution is 2.22. The molecule has 0 unspecified atom stereocenters. The van der Waals surface area contributed by atoms with Gasteiger partial charge in [-0.3, -0.25) is 4.99 Å². The maximum atomic E-state index is 5.96. The number of ether oxygens (including phenoxy) is 2. The molecule has 6 nitrogen and oxygen atoms in total. The van der Waals surface area contributed by atoms with Crippen molar-refractivity contribution in [3.05, 3.63) is 24.2 Å². The Hall–Kier alpha value is -1.53. The minimum absolute atomic E-state index is 0.310. The third kappa shape index (κ3) is 9.29. The number of nitrogens with zero attached hydrogens (tertiary/aromatic N) is 1. The zero-order chi connectivity index (χ0) is 19.3. The van der Waals surface area contributed by atoms with E-state index in [9.17, 15) is 0 Å². The van der Waals surface area contributed by atoms with E-state index < -0.39 is 0 Å². The molecule has 0 spiro atoms. The van der Waals surface area contributed by atoms with Crippen LogP contribution in [0, 0.1) is 0 Å². The Labute approximate surface area is 164 Å². The molecule has 0 aliphatic heterocycles. The molecule has 154 valence electrons. The van der Waals surface area contributed by atoms with Gasteiger partial charge in [-0.25, -0.2) is 0 Å². The molecule has 0 bridgehead atoms. The number of furan rings is 1. The monoisotopic (exact) mass is 379 g/mol. The Bertz CT molecular complexity index is 509. The molecule has 2 N–H and O–H groups in total. The highest BCUT2D eigenvalue weighted by Gasteiger charge is 2.23. The summed E-state index contributed by atoms with van der Waals surface area (Å²) < 4.78 is 16.8. The maximum absolute atomic E-state index is 5.96. The summed E-state index contributed by atoms with van der Waals surface area (Å²) in [5.41, 5.74) is 0. The molecule has 27 heavy (non-hydrogen) atoms. The van der Waals surface area contributed by atoms with Crippen LogP contribution in [0.4, 0.5) is 0 Å². The van der Waals surface area contributed by atoms with E-state index in [2.05, 4.69) is 24.5 Å². The molecule has 1 saturated carbocycles. The van der Waals surface area contributed by atoms with E-state index in [4.69, 9.17) is 18.9 Å². The van der Waals surface area contributed by atoms with Gasteiger partial charge >= 0.3 is 0 Å². The van der Waals surface area contributed by atoms with Crippen molar-refractivity contribution in [2.24, 2.45) is 4.99 Å². The summed E-state index contributed by atoms with van der Waals surface area (Å²) in [5, 5.41) is 7.06. The van der Waals surface area contributed by atoms with E-state index in [-0.39, 0.29) is 0 Å². The van der Waals surface area contributed by atoms with Crippen molar-refractivity contribution in [2.75, 3.05) is 26.3 Å². The molecule has 0 atom stereocenters. The van der Waals surface area contributed by atoms with Crippen molar-refractivity contribution >= 4 is 5.96 Å². The lowest BCUT2D eigenvalue weighted by Crippen LogP contribution is -2.46. The molecule has 6 heteroatoms. The average molecular weight is 380 g/mol. The van der Waals surface area contributed by atoms with Crippen LogP contribution in [0.2, 0.25) is 0 Å². The van der Waals surface area contributed by atoms with Crippen LogP contribution in [0.3, 0.4) is 0 Å². The molecule has 1 aliphatic carbocycles. The third-order valence-corrected chi connectivity index (χ3v) is 4.64. The summed E-state index contributed by atoms with van der Waals surface area (Å²) in [5.74, 6) is 1.89. The topological polar surface area (TPSA) is 68.0 Å². The zero-order valence-electron chi connectivity index (χ0n) is 17.2. The molecule has 1 aromatic heterocycles. The molecule has 1 aliphatic rings. The molecule has 1 heterocycles. The Morgan fingerprint density at radius 2 is 2.11 bits per heavy atom. The first kappa shape index (κ1) is 21.8. The van der Waals surface area contributed by atoms with Crippen LogP contribution in [-0.4, -0.2) is 50.5 Å². The van der Waals surface area contributed by atoms with E-state index >= 15 is 0 Å². The molecule has 2 rings (SSSR count). The molecule has 0 radical (unpaired) electrons. The van der Waals surface area contributed by atoms with Gasteiger partial charge in [-0.15, -0.1) is 0 Å². The standard InChI is InChI=1S/C21H37N3O3/c1-4-25-15-6-13-22-21(23-14-12-19-7-5-16-26-19)24-18-8-10-20(11-9-18)27-17(2)3/h5,7,16-18,20H,4,6,8-15H2,1-3H3,(H2,22,23,24). The Kier molecular flexibility index (Phi) is 10.3. The Morgan fingerprint density at radius 3 is 2.78 bits per heavy atom. The predicted molar refractivity (Wildman–Crippen MR) is 109 cm³/mol. The number of hydrogen-bond donors (Lipinski definition) is 2. The quantitative estimate of drug-likeness (QED) is 0.350. The van der Waals surface area contributed by atoms with Gasteiger partial charge in [0.15, 0.2) is 5.96 Å². The Morgan fingerprint density at radius 1 is 1.30 bits per heavy atom. The van der Waals surface area contributed by atoms with E-state index in [0.29, 0.717) is 18.2 Å². The second-order valence-electron chi connectivity index (χ2n) is 7.34. The van der Waals surface area contributed by atoms with Gasteiger partial charge in [-0.2, -0.15) is 0 Å². The summed E-state index contributed by atoms with van der Waals surface area (Å²) in [6.45, 7) is 9.33. The van der Waals surface area contributed by atoms with Crippen LogP contribution >= 0.6 is 0 Å². The number of hydrogen-bond acceptors (Lipinski definition) is 4. The van der Waals surface area contributed by atoms with Gasteiger partial charge in [0.25, 0.3) is 0 Å². The van der Waals surface area contributed by atoms with Gasteiger partial charge in [-0.1, -0.05) is 0 Å². The fourth-order valence-electron chi connectivity index (χ4n) is 3.33. The first-order valence-electron chi connectivity index (χ1n) is 10.5. The molecular formula is C21H37N3O3. The summed E-state index contributed by atoms with van der Waals surface area (Å²) in [7, 11) is 0. The van der Waals surface area contributed by atoms with Crippen molar-refractivity contribution in [1.29, 1.82) is 0 Å².